The Morgan fingerprint density at radius 2 is 1.83 bits per heavy atom. The Morgan fingerprint density at radius 1 is 1.04 bits per heavy atom. The maximum atomic E-state index is 16.2. The fourth-order valence-corrected chi connectivity index (χ4v) is 6.31. The van der Waals surface area contributed by atoms with Crippen LogP contribution >= 0.6 is 19.4 Å². The maximum absolute atomic E-state index is 16.2. The second-order valence-corrected chi connectivity index (χ2v) is 12.1. The molecule has 0 fully saturated rings. The molecule has 1 unspecified atom stereocenters. The van der Waals surface area contributed by atoms with Crippen LogP contribution < -0.4 is 10.1 Å². The second kappa shape index (κ2) is 12.6. The van der Waals surface area contributed by atoms with Gasteiger partial charge in [0.15, 0.2) is 0 Å². The van der Waals surface area contributed by atoms with Crippen molar-refractivity contribution in [3.8, 4) is 22.6 Å². The van der Waals surface area contributed by atoms with Gasteiger partial charge in [-0.2, -0.15) is 4.68 Å². The van der Waals surface area contributed by atoms with Gasteiger partial charge in [-0.3, -0.25) is 14.6 Å². The quantitative estimate of drug-likeness (QED) is 0.181. The molecule has 46 heavy (non-hydrogen) atoms. The van der Waals surface area contributed by atoms with Crippen LogP contribution in [0, 0.1) is 5.82 Å². The van der Waals surface area contributed by atoms with Crippen molar-refractivity contribution >= 4 is 30.5 Å². The number of tetrazole rings is 1. The summed E-state index contributed by atoms with van der Waals surface area (Å²) in [5.74, 6) is -0.196. The number of aromatic nitrogens is 7. The SMILES string of the molecule is CCc1c(OP(=O)(O)O)ccc2c1nc(C(Cc1ccccc1)n1cc(F)c(-c3cc(Cl)ccc3-n3cnnn3)cc1=O)n2CC. The van der Waals surface area contributed by atoms with E-state index in [-0.39, 0.29) is 11.3 Å². The molecule has 15 heteroatoms. The van der Waals surface area contributed by atoms with Gasteiger partial charge < -0.3 is 13.7 Å². The summed E-state index contributed by atoms with van der Waals surface area (Å²) in [6.07, 6.45) is 3.18. The van der Waals surface area contributed by atoms with Crippen LogP contribution in [0.4, 0.5) is 4.39 Å². The standard InChI is InChI=1S/C31H28ClFN7O5P/c1-3-21-28(45-46(42,43)44)13-12-26-30(21)35-31(38(26)4-2)27(14-19-8-6-5-7-9-19)39-17-24(33)22(16-29(39)41)23-15-20(32)10-11-25(23)40-18-34-36-37-40/h5-13,15-18,27H,3-4,14H2,1-2H3,(H2,42,43,44). The van der Waals surface area contributed by atoms with Crippen LogP contribution in [0.2, 0.25) is 5.02 Å². The lowest BCUT2D eigenvalue weighted by Crippen LogP contribution is -2.29. The number of benzene rings is 3. The average molecular weight is 664 g/mol. The van der Waals surface area contributed by atoms with Crippen molar-refractivity contribution in [1.29, 1.82) is 0 Å². The predicted octanol–water partition coefficient (Wildman–Crippen LogP) is 5.52. The Kier molecular flexibility index (Phi) is 8.58. The topological polar surface area (TPSA) is 150 Å². The normalized spacial score (nSPS) is 12.5. The molecule has 0 amide bonds. The van der Waals surface area contributed by atoms with Crippen LogP contribution in [0.25, 0.3) is 27.8 Å². The van der Waals surface area contributed by atoms with Crippen LogP contribution in [0.15, 0.2) is 84.0 Å². The number of fused-ring (bicyclic) bond motifs is 1. The van der Waals surface area contributed by atoms with E-state index >= 15 is 4.39 Å². The summed E-state index contributed by atoms with van der Waals surface area (Å²) >= 11 is 6.29. The lowest BCUT2D eigenvalue weighted by Gasteiger charge is -2.22. The first-order chi connectivity index (χ1) is 22.1. The zero-order valence-electron chi connectivity index (χ0n) is 24.7. The third kappa shape index (κ3) is 6.10. The zero-order chi connectivity index (χ0) is 32.6. The van der Waals surface area contributed by atoms with E-state index in [1.807, 2.05) is 48.7 Å². The molecule has 236 valence electrons. The van der Waals surface area contributed by atoms with Gasteiger partial charge in [0, 0.05) is 46.9 Å². The van der Waals surface area contributed by atoms with Crippen LogP contribution in [0.3, 0.4) is 0 Å². The molecule has 0 aliphatic rings. The van der Waals surface area contributed by atoms with Gasteiger partial charge in [-0.1, -0.05) is 48.9 Å². The zero-order valence-corrected chi connectivity index (χ0v) is 26.3. The van der Waals surface area contributed by atoms with E-state index in [4.69, 9.17) is 21.1 Å². The summed E-state index contributed by atoms with van der Waals surface area (Å²) in [6.45, 7) is 4.19. The minimum atomic E-state index is -4.84. The predicted molar refractivity (Wildman–Crippen MR) is 170 cm³/mol. The van der Waals surface area contributed by atoms with Gasteiger partial charge in [-0.15, -0.1) is 5.10 Å². The molecule has 0 saturated carbocycles. The molecule has 0 aliphatic heterocycles. The van der Waals surface area contributed by atoms with E-state index in [2.05, 4.69) is 15.5 Å². The number of hydrogen-bond acceptors (Lipinski definition) is 7. The second-order valence-electron chi connectivity index (χ2n) is 10.5. The first-order valence-corrected chi connectivity index (χ1v) is 16.2. The minimum absolute atomic E-state index is 0.0164. The molecule has 0 bridgehead atoms. The number of hydrogen-bond donors (Lipinski definition) is 2. The number of rotatable bonds is 10. The van der Waals surface area contributed by atoms with Gasteiger partial charge in [-0.05, 0) is 59.7 Å². The first-order valence-electron chi connectivity index (χ1n) is 14.3. The monoisotopic (exact) mass is 663 g/mol. The average Bonchev–Trinajstić information content (AvgIpc) is 3.69. The van der Waals surface area contributed by atoms with Gasteiger partial charge >= 0.3 is 7.82 Å². The maximum Gasteiger partial charge on any atom is 0.524 e. The van der Waals surface area contributed by atoms with Gasteiger partial charge in [0.1, 0.15) is 23.7 Å². The molecule has 6 rings (SSSR count). The summed E-state index contributed by atoms with van der Waals surface area (Å²) in [5.41, 5.74) is 2.82. The highest BCUT2D eigenvalue weighted by Gasteiger charge is 2.28. The molecule has 3 aromatic carbocycles. The molecule has 3 heterocycles. The third-order valence-electron chi connectivity index (χ3n) is 7.68. The smallest absolute Gasteiger partial charge is 0.404 e. The van der Waals surface area contributed by atoms with Crippen LogP contribution in [0.5, 0.6) is 5.75 Å². The summed E-state index contributed by atoms with van der Waals surface area (Å²) in [5, 5.41) is 11.6. The highest BCUT2D eigenvalue weighted by atomic mass is 35.5. The lowest BCUT2D eigenvalue weighted by atomic mass is 10.0. The Bertz CT molecular complexity index is 2150. The number of imidazole rings is 1. The Hall–Kier alpha value is -4.68. The van der Waals surface area contributed by atoms with Crippen LogP contribution in [-0.2, 0) is 24.0 Å². The van der Waals surface area contributed by atoms with Gasteiger partial charge in [0.2, 0.25) is 0 Å². The molecule has 1 atom stereocenters. The van der Waals surface area contributed by atoms with Crippen molar-refractivity contribution in [3.05, 3.63) is 117 Å². The van der Waals surface area contributed by atoms with Crippen molar-refractivity contribution in [3.63, 3.8) is 0 Å². The molecule has 2 N–H and O–H groups in total. The molecule has 0 spiro atoms. The number of phosphoric acid groups is 1. The number of pyridine rings is 1. The van der Waals surface area contributed by atoms with E-state index in [1.54, 1.807) is 24.3 Å². The summed E-state index contributed by atoms with van der Waals surface area (Å²) < 4.78 is 37.5. The highest BCUT2D eigenvalue weighted by Crippen LogP contribution is 2.42. The highest BCUT2D eigenvalue weighted by molar-refractivity contribution is 7.46. The molecule has 3 aromatic heterocycles. The number of halogens is 2. The molecule has 0 saturated heterocycles. The number of phosphoric ester groups is 1. The summed E-state index contributed by atoms with van der Waals surface area (Å²) in [7, 11) is -4.84. The molecule has 0 radical (unpaired) electrons. The number of nitrogens with zero attached hydrogens (tertiary/aromatic N) is 7. The van der Waals surface area contributed by atoms with Crippen molar-refractivity contribution in [2.75, 3.05) is 0 Å². The lowest BCUT2D eigenvalue weighted by molar-refractivity contribution is 0.282. The van der Waals surface area contributed by atoms with Crippen LogP contribution in [-0.4, -0.2) is 44.1 Å². The minimum Gasteiger partial charge on any atom is -0.404 e. The molecule has 0 aliphatic carbocycles. The van der Waals surface area contributed by atoms with Crippen LogP contribution in [0.1, 0.15) is 36.8 Å². The molecule has 6 aromatic rings. The third-order valence-corrected chi connectivity index (χ3v) is 8.35. The van der Waals surface area contributed by atoms with E-state index in [1.165, 1.54) is 27.7 Å². The van der Waals surface area contributed by atoms with Gasteiger partial charge in [0.05, 0.1) is 22.8 Å². The van der Waals surface area contributed by atoms with Gasteiger partial charge in [0.25, 0.3) is 5.56 Å². The first kappa shape index (κ1) is 31.3. The summed E-state index contributed by atoms with van der Waals surface area (Å²) in [6, 6.07) is 17.9. The van der Waals surface area contributed by atoms with Crippen molar-refractivity contribution in [2.45, 2.75) is 39.3 Å². The Morgan fingerprint density at radius 3 is 2.50 bits per heavy atom. The van der Waals surface area contributed by atoms with E-state index in [0.717, 1.165) is 11.8 Å². The Balaban J connectivity index is 1.55. The Labute approximate surface area is 266 Å². The number of aryl methyl sites for hydroxylation is 2. The molecule has 12 nitrogen and oxygen atoms in total. The van der Waals surface area contributed by atoms with Crippen molar-refractivity contribution in [1.82, 2.24) is 34.3 Å². The largest absolute Gasteiger partial charge is 0.524 e. The summed E-state index contributed by atoms with van der Waals surface area (Å²) in [4.78, 5) is 37.9. The fraction of sp³-hybridized carbons (Fsp3) is 0.194. The fourth-order valence-electron chi connectivity index (χ4n) is 5.71. The van der Waals surface area contributed by atoms with Crippen molar-refractivity contribution in [2.24, 2.45) is 0 Å². The van der Waals surface area contributed by atoms with Gasteiger partial charge in [-0.25, -0.2) is 13.9 Å². The molecular formula is C31H28ClFN7O5P. The molecular weight excluding hydrogens is 636 g/mol. The van der Waals surface area contributed by atoms with Crippen molar-refractivity contribution < 1.29 is 23.3 Å². The van der Waals surface area contributed by atoms with E-state index in [0.29, 0.717) is 58.1 Å². The van der Waals surface area contributed by atoms with E-state index < -0.39 is 25.2 Å². The van der Waals surface area contributed by atoms with E-state index in [9.17, 15) is 19.1 Å².